The number of halogens is 1. The maximum Gasteiger partial charge on any atom is 0.124 e. The summed E-state index contributed by atoms with van der Waals surface area (Å²) in [5, 5.41) is 3.62. The lowest BCUT2D eigenvalue weighted by molar-refractivity contribution is 0.406. The summed E-state index contributed by atoms with van der Waals surface area (Å²) in [6, 6.07) is 14.7. The van der Waals surface area contributed by atoms with Crippen molar-refractivity contribution in [3.63, 3.8) is 0 Å². The van der Waals surface area contributed by atoms with Crippen molar-refractivity contribution in [1.82, 2.24) is 0 Å². The van der Waals surface area contributed by atoms with Crippen LogP contribution in [0.15, 0.2) is 46.9 Å². The SMILES string of the molecule is CCC(Nc1cc(Br)ccc1C)c1ccccc1OC. The lowest BCUT2D eigenvalue weighted by atomic mass is 10.0. The Kier molecular flexibility index (Phi) is 5.07. The molecule has 0 amide bonds. The van der Waals surface area contributed by atoms with Crippen molar-refractivity contribution >= 4 is 21.6 Å². The van der Waals surface area contributed by atoms with E-state index in [0.717, 1.165) is 22.3 Å². The summed E-state index contributed by atoms with van der Waals surface area (Å²) in [7, 11) is 1.72. The fraction of sp³-hybridized carbons (Fsp3) is 0.294. The molecule has 0 saturated heterocycles. The lowest BCUT2D eigenvalue weighted by Crippen LogP contribution is -2.11. The average Bonchev–Trinajstić information content (AvgIpc) is 2.48. The molecule has 0 aromatic heterocycles. The van der Waals surface area contributed by atoms with Crippen LogP contribution in [0.1, 0.15) is 30.5 Å². The van der Waals surface area contributed by atoms with Crippen LogP contribution in [0.25, 0.3) is 0 Å². The predicted octanol–water partition coefficient (Wildman–Crippen LogP) is 5.33. The quantitative estimate of drug-likeness (QED) is 0.798. The van der Waals surface area contributed by atoms with Gasteiger partial charge in [0.25, 0.3) is 0 Å². The maximum absolute atomic E-state index is 5.47. The van der Waals surface area contributed by atoms with E-state index in [-0.39, 0.29) is 6.04 Å². The molecule has 0 fully saturated rings. The third-order valence-electron chi connectivity index (χ3n) is 3.45. The second kappa shape index (κ2) is 6.80. The molecule has 1 N–H and O–H groups in total. The van der Waals surface area contributed by atoms with Gasteiger partial charge in [0.2, 0.25) is 0 Å². The molecule has 3 heteroatoms. The number of ether oxygens (including phenoxy) is 1. The van der Waals surface area contributed by atoms with Crippen molar-refractivity contribution in [2.75, 3.05) is 12.4 Å². The topological polar surface area (TPSA) is 21.3 Å². The Hall–Kier alpha value is -1.48. The smallest absolute Gasteiger partial charge is 0.124 e. The second-order valence-electron chi connectivity index (χ2n) is 4.81. The summed E-state index contributed by atoms with van der Waals surface area (Å²) < 4.78 is 6.55. The standard InChI is InChI=1S/C17H20BrNO/c1-4-15(14-7-5-6-8-17(14)20-3)19-16-11-13(18)10-9-12(16)2/h5-11,15,19H,4H2,1-3H3. The van der Waals surface area contributed by atoms with Gasteiger partial charge in [-0.25, -0.2) is 0 Å². The lowest BCUT2D eigenvalue weighted by Gasteiger charge is -2.22. The molecule has 0 saturated carbocycles. The van der Waals surface area contributed by atoms with E-state index in [1.54, 1.807) is 7.11 Å². The third-order valence-corrected chi connectivity index (χ3v) is 3.95. The highest BCUT2D eigenvalue weighted by atomic mass is 79.9. The minimum absolute atomic E-state index is 0.235. The van der Waals surface area contributed by atoms with Gasteiger partial charge in [-0.3, -0.25) is 0 Å². The van der Waals surface area contributed by atoms with Gasteiger partial charge >= 0.3 is 0 Å². The summed E-state index contributed by atoms with van der Waals surface area (Å²) in [4.78, 5) is 0. The van der Waals surface area contributed by atoms with Crippen molar-refractivity contribution in [2.24, 2.45) is 0 Å². The van der Waals surface area contributed by atoms with Crippen molar-refractivity contribution in [3.8, 4) is 5.75 Å². The first-order valence-corrected chi connectivity index (χ1v) is 7.60. The average molecular weight is 334 g/mol. The van der Waals surface area contributed by atoms with Gasteiger partial charge in [-0.05, 0) is 37.1 Å². The minimum Gasteiger partial charge on any atom is -0.496 e. The highest BCUT2D eigenvalue weighted by molar-refractivity contribution is 9.10. The molecule has 0 bridgehead atoms. The van der Waals surface area contributed by atoms with Crippen molar-refractivity contribution in [1.29, 1.82) is 0 Å². The molecule has 0 aliphatic heterocycles. The molecule has 2 nitrogen and oxygen atoms in total. The zero-order chi connectivity index (χ0) is 14.5. The van der Waals surface area contributed by atoms with Crippen LogP contribution in [0.3, 0.4) is 0 Å². The van der Waals surface area contributed by atoms with E-state index >= 15 is 0 Å². The molecule has 2 rings (SSSR count). The van der Waals surface area contributed by atoms with Crippen LogP contribution in [0, 0.1) is 6.92 Å². The van der Waals surface area contributed by atoms with Crippen LogP contribution in [-0.2, 0) is 0 Å². The summed E-state index contributed by atoms with van der Waals surface area (Å²) >= 11 is 3.53. The first-order chi connectivity index (χ1) is 9.65. The first kappa shape index (κ1) is 14.9. The molecule has 2 aromatic carbocycles. The number of hydrogen-bond donors (Lipinski definition) is 1. The van der Waals surface area contributed by atoms with Crippen LogP contribution in [0.2, 0.25) is 0 Å². The number of rotatable bonds is 5. The normalized spacial score (nSPS) is 12.0. The van der Waals surface area contributed by atoms with Gasteiger partial charge in [0.05, 0.1) is 13.2 Å². The predicted molar refractivity (Wildman–Crippen MR) is 88.5 cm³/mol. The van der Waals surface area contributed by atoms with Crippen LogP contribution in [0.4, 0.5) is 5.69 Å². The molecule has 0 heterocycles. The zero-order valence-electron chi connectivity index (χ0n) is 12.1. The van der Waals surface area contributed by atoms with Gasteiger partial charge < -0.3 is 10.1 Å². The van der Waals surface area contributed by atoms with Crippen LogP contribution in [-0.4, -0.2) is 7.11 Å². The molecule has 0 radical (unpaired) electrons. The van der Waals surface area contributed by atoms with E-state index in [4.69, 9.17) is 4.74 Å². The molecule has 0 spiro atoms. The van der Waals surface area contributed by atoms with E-state index in [1.807, 2.05) is 12.1 Å². The van der Waals surface area contributed by atoms with Crippen molar-refractivity contribution < 1.29 is 4.74 Å². The van der Waals surface area contributed by atoms with Gasteiger partial charge in [0.1, 0.15) is 5.75 Å². The second-order valence-corrected chi connectivity index (χ2v) is 5.72. The number of para-hydroxylation sites is 1. The fourth-order valence-corrected chi connectivity index (χ4v) is 2.65. The first-order valence-electron chi connectivity index (χ1n) is 6.81. The summed E-state index contributed by atoms with van der Waals surface area (Å²) in [6.07, 6.45) is 0.992. The molecular formula is C17H20BrNO. The number of hydrogen-bond acceptors (Lipinski definition) is 2. The van der Waals surface area contributed by atoms with E-state index in [2.05, 4.69) is 65.4 Å². The molecule has 1 atom stereocenters. The van der Waals surface area contributed by atoms with Gasteiger partial charge in [0.15, 0.2) is 0 Å². The van der Waals surface area contributed by atoms with E-state index in [1.165, 1.54) is 11.1 Å². The number of nitrogens with one attached hydrogen (secondary N) is 1. The van der Waals surface area contributed by atoms with Gasteiger partial charge in [-0.1, -0.05) is 47.1 Å². The number of aryl methyl sites for hydroxylation is 1. The van der Waals surface area contributed by atoms with E-state index in [9.17, 15) is 0 Å². The monoisotopic (exact) mass is 333 g/mol. The van der Waals surface area contributed by atoms with Crippen LogP contribution < -0.4 is 10.1 Å². The number of anilines is 1. The van der Waals surface area contributed by atoms with E-state index in [0.29, 0.717) is 0 Å². The van der Waals surface area contributed by atoms with Crippen LogP contribution >= 0.6 is 15.9 Å². The molecule has 106 valence electrons. The Bertz CT molecular complexity index is 583. The Morgan fingerprint density at radius 3 is 2.65 bits per heavy atom. The summed E-state index contributed by atoms with van der Waals surface area (Å²) in [6.45, 7) is 4.29. The van der Waals surface area contributed by atoms with Crippen molar-refractivity contribution in [3.05, 3.63) is 58.1 Å². The number of benzene rings is 2. The minimum atomic E-state index is 0.235. The summed E-state index contributed by atoms with van der Waals surface area (Å²) in [5.41, 5.74) is 3.58. The Morgan fingerprint density at radius 2 is 1.95 bits per heavy atom. The third kappa shape index (κ3) is 3.34. The largest absolute Gasteiger partial charge is 0.496 e. The molecule has 0 aliphatic carbocycles. The maximum atomic E-state index is 5.47. The molecule has 20 heavy (non-hydrogen) atoms. The fourth-order valence-electron chi connectivity index (χ4n) is 2.29. The van der Waals surface area contributed by atoms with Gasteiger partial charge in [0, 0.05) is 15.7 Å². The van der Waals surface area contributed by atoms with E-state index < -0.39 is 0 Å². The van der Waals surface area contributed by atoms with Gasteiger partial charge in [-0.2, -0.15) is 0 Å². The highest BCUT2D eigenvalue weighted by Crippen LogP contribution is 2.31. The Balaban J connectivity index is 2.31. The molecule has 1 unspecified atom stereocenters. The van der Waals surface area contributed by atoms with Crippen LogP contribution in [0.5, 0.6) is 5.75 Å². The zero-order valence-corrected chi connectivity index (χ0v) is 13.7. The summed E-state index contributed by atoms with van der Waals surface area (Å²) in [5.74, 6) is 0.930. The Morgan fingerprint density at radius 1 is 1.20 bits per heavy atom. The highest BCUT2D eigenvalue weighted by Gasteiger charge is 2.14. The Labute approximate surface area is 129 Å². The molecule has 2 aromatic rings. The number of methoxy groups -OCH3 is 1. The van der Waals surface area contributed by atoms with Crippen molar-refractivity contribution in [2.45, 2.75) is 26.3 Å². The molecule has 0 aliphatic rings. The van der Waals surface area contributed by atoms with Gasteiger partial charge in [-0.15, -0.1) is 0 Å². The molecular weight excluding hydrogens is 314 g/mol.